The van der Waals surface area contributed by atoms with Crippen molar-refractivity contribution in [3.8, 4) is 11.1 Å². The van der Waals surface area contributed by atoms with Gasteiger partial charge in [0.05, 0.1) is 37.6 Å². The van der Waals surface area contributed by atoms with Crippen LogP contribution in [0.5, 0.6) is 0 Å². The van der Waals surface area contributed by atoms with Crippen molar-refractivity contribution < 1.29 is 65.2 Å². The Morgan fingerprint density at radius 1 is 0.913 bits per heavy atom. The molecule has 5 N–H and O–H groups in total. The zero-order valence-electron chi connectivity index (χ0n) is 23.9. The summed E-state index contributed by atoms with van der Waals surface area (Å²) in [6.07, 6.45) is -8.48. The molecule has 46 heavy (non-hydrogen) atoms. The number of ether oxygens (including phenoxy) is 3. The quantitative estimate of drug-likeness (QED) is 0.230. The van der Waals surface area contributed by atoms with Gasteiger partial charge in [0.25, 0.3) is 0 Å². The average molecular weight is 662 g/mol. The Bertz CT molecular complexity index is 1480. The van der Waals surface area contributed by atoms with E-state index < -0.39 is 54.3 Å². The molecule has 4 amide bonds. The highest BCUT2D eigenvalue weighted by Crippen LogP contribution is 2.33. The summed E-state index contributed by atoms with van der Waals surface area (Å²) in [6.45, 7) is 1.82. The van der Waals surface area contributed by atoms with Crippen molar-refractivity contribution in [3.63, 3.8) is 0 Å². The number of amides is 4. The fourth-order valence-electron chi connectivity index (χ4n) is 4.12. The maximum Gasteiger partial charge on any atom is 0.490 e. The van der Waals surface area contributed by atoms with Crippen molar-refractivity contribution in [2.75, 3.05) is 49.1 Å². The molecule has 2 aliphatic rings. The number of carboxylic acids is 1. The van der Waals surface area contributed by atoms with Gasteiger partial charge in [0.15, 0.2) is 0 Å². The first-order valence-electron chi connectivity index (χ1n) is 13.3. The highest BCUT2D eigenvalue weighted by atomic mass is 19.4. The number of hydrogen-bond donors (Lipinski definition) is 4. The smallest absolute Gasteiger partial charge is 0.475 e. The zero-order chi connectivity index (χ0) is 34.2. The molecule has 0 aliphatic carbocycles. The number of alkyl carbamates (subject to hydrolysis) is 1. The molecule has 2 aromatic rings. The third kappa shape index (κ3) is 9.40. The van der Waals surface area contributed by atoms with Crippen LogP contribution < -0.4 is 26.2 Å². The van der Waals surface area contributed by atoms with Gasteiger partial charge in [-0.05, 0) is 36.4 Å². The summed E-state index contributed by atoms with van der Waals surface area (Å²) in [7, 11) is 0. The number of aliphatic carboxylic acids is 1. The van der Waals surface area contributed by atoms with Gasteiger partial charge >= 0.3 is 30.4 Å². The number of carboxylic acid groups (broad SMARTS) is 1. The molecule has 2 heterocycles. The molecule has 2 saturated heterocycles. The maximum absolute atomic E-state index is 15.1. The summed E-state index contributed by atoms with van der Waals surface area (Å²) in [5.74, 6) is -4.58. The van der Waals surface area contributed by atoms with Crippen LogP contribution in [-0.4, -0.2) is 93.0 Å². The minimum atomic E-state index is -5.08. The summed E-state index contributed by atoms with van der Waals surface area (Å²) >= 11 is 0. The second kappa shape index (κ2) is 15.2. The molecule has 4 rings (SSSR count). The van der Waals surface area contributed by atoms with Crippen LogP contribution in [0.2, 0.25) is 0 Å². The Morgan fingerprint density at radius 2 is 1.35 bits per heavy atom. The molecule has 0 bridgehead atoms. The fraction of sp³-hybridized carbons (Fsp3) is 0.370. The lowest BCUT2D eigenvalue weighted by atomic mass is 10.0. The van der Waals surface area contributed by atoms with Gasteiger partial charge in [-0.1, -0.05) is 0 Å². The van der Waals surface area contributed by atoms with Gasteiger partial charge in [0.1, 0.15) is 30.4 Å². The number of anilines is 2. The van der Waals surface area contributed by atoms with Crippen LogP contribution >= 0.6 is 0 Å². The number of carbonyl (C=O) groups is 5. The summed E-state index contributed by atoms with van der Waals surface area (Å²) in [5.41, 5.74) is 5.57. The minimum Gasteiger partial charge on any atom is -0.475 e. The zero-order valence-corrected chi connectivity index (χ0v) is 23.9. The minimum absolute atomic E-state index is 0.0116. The molecule has 0 spiro atoms. The van der Waals surface area contributed by atoms with Crippen LogP contribution in [0.25, 0.3) is 11.1 Å². The molecule has 2 aliphatic heterocycles. The molecule has 0 unspecified atom stereocenters. The normalized spacial score (nSPS) is 17.5. The third-order valence-corrected chi connectivity index (χ3v) is 6.21. The van der Waals surface area contributed by atoms with Crippen LogP contribution in [0.1, 0.15) is 6.92 Å². The van der Waals surface area contributed by atoms with Crippen molar-refractivity contribution >= 4 is 41.5 Å². The molecular formula is C27H28F5N5O9. The Labute approximate surface area is 257 Å². The lowest BCUT2D eigenvalue weighted by Gasteiger charge is -2.16. The van der Waals surface area contributed by atoms with Gasteiger partial charge in [-0.3, -0.25) is 14.6 Å². The Morgan fingerprint density at radius 3 is 1.72 bits per heavy atom. The van der Waals surface area contributed by atoms with Crippen LogP contribution in [0.4, 0.5) is 47.7 Å². The van der Waals surface area contributed by atoms with Crippen molar-refractivity contribution in [3.05, 3.63) is 48.0 Å². The van der Waals surface area contributed by atoms with E-state index in [-0.39, 0.29) is 67.7 Å². The van der Waals surface area contributed by atoms with E-state index in [1.807, 2.05) is 0 Å². The summed E-state index contributed by atoms with van der Waals surface area (Å²) in [6, 6.07) is 7.76. The molecule has 2 fully saturated rings. The van der Waals surface area contributed by atoms with E-state index in [4.69, 9.17) is 29.8 Å². The molecule has 2 aromatic carbocycles. The van der Waals surface area contributed by atoms with Crippen LogP contribution in [0, 0.1) is 11.6 Å². The standard InChI is InChI=1S/C25H27F2N5O7.C2HF3O2/c1-14(33)29-10-17-12-31(24(35)38-17)15-2-4-19(21(26)8-15)20-5-3-16(9-22(20)27)32-13-18(39-25(32)36)11-30-23(34)37-7-6-28;3-2(4,5)1(6)7/h2-5,8-9,17-18H,6-7,10-13,28H2,1H3,(H,29,33)(H,30,34);(H,6,7)/t17-,18-;/m0./s1. The largest absolute Gasteiger partial charge is 0.490 e. The van der Waals surface area contributed by atoms with Crippen LogP contribution in [0.3, 0.4) is 0 Å². The molecule has 19 heteroatoms. The molecule has 2 atom stereocenters. The monoisotopic (exact) mass is 661 g/mol. The van der Waals surface area contributed by atoms with E-state index in [1.54, 1.807) is 0 Å². The van der Waals surface area contributed by atoms with Crippen molar-refractivity contribution in [2.24, 2.45) is 5.73 Å². The second-order valence-corrected chi connectivity index (χ2v) is 9.61. The third-order valence-electron chi connectivity index (χ3n) is 6.21. The van der Waals surface area contributed by atoms with E-state index in [9.17, 15) is 32.3 Å². The SMILES string of the molecule is CC(=O)NC[C@H]1CN(c2ccc(-c3ccc(N4C[C@H](CNC(=O)OCCN)OC4=O)cc3F)c(F)c2)C(=O)O1.O=C(O)C(F)(F)F. The van der Waals surface area contributed by atoms with E-state index >= 15 is 8.78 Å². The van der Waals surface area contributed by atoms with E-state index in [1.165, 1.54) is 41.0 Å². The van der Waals surface area contributed by atoms with Gasteiger partial charge in [0, 0.05) is 24.6 Å². The van der Waals surface area contributed by atoms with Gasteiger partial charge < -0.3 is 35.7 Å². The number of hydrogen-bond acceptors (Lipinski definition) is 9. The fourth-order valence-corrected chi connectivity index (χ4v) is 4.12. The number of nitrogens with two attached hydrogens (primary N) is 1. The number of nitrogens with zero attached hydrogens (tertiary/aromatic N) is 2. The summed E-state index contributed by atoms with van der Waals surface area (Å²) in [5, 5.41) is 12.1. The molecule has 0 radical (unpaired) electrons. The first-order valence-corrected chi connectivity index (χ1v) is 13.3. The number of carbonyl (C=O) groups excluding carboxylic acids is 4. The van der Waals surface area contributed by atoms with E-state index in [0.29, 0.717) is 0 Å². The number of rotatable bonds is 9. The number of benzene rings is 2. The van der Waals surface area contributed by atoms with Gasteiger partial charge in [-0.2, -0.15) is 13.2 Å². The van der Waals surface area contributed by atoms with Crippen LogP contribution in [0.15, 0.2) is 36.4 Å². The van der Waals surface area contributed by atoms with E-state index in [0.717, 1.165) is 12.1 Å². The van der Waals surface area contributed by atoms with Crippen LogP contribution in [-0.2, 0) is 23.8 Å². The molecular weight excluding hydrogens is 633 g/mol. The number of halogens is 5. The molecule has 250 valence electrons. The lowest BCUT2D eigenvalue weighted by molar-refractivity contribution is -0.192. The Hall–Kier alpha value is -5.20. The second-order valence-electron chi connectivity index (χ2n) is 9.61. The predicted molar refractivity (Wildman–Crippen MR) is 148 cm³/mol. The lowest BCUT2D eigenvalue weighted by Crippen LogP contribution is -2.35. The van der Waals surface area contributed by atoms with Crippen molar-refractivity contribution in [2.45, 2.75) is 25.3 Å². The highest BCUT2D eigenvalue weighted by Gasteiger charge is 2.38. The number of nitrogens with one attached hydrogen (secondary N) is 2. The maximum atomic E-state index is 15.1. The average Bonchev–Trinajstić information content (AvgIpc) is 3.55. The number of cyclic esters (lactones) is 2. The predicted octanol–water partition coefficient (Wildman–Crippen LogP) is 2.74. The topological polar surface area (TPSA) is 190 Å². The van der Waals surface area contributed by atoms with Gasteiger partial charge in [-0.25, -0.2) is 28.0 Å². The highest BCUT2D eigenvalue weighted by molar-refractivity contribution is 5.91. The van der Waals surface area contributed by atoms with Crippen molar-refractivity contribution in [1.82, 2.24) is 10.6 Å². The van der Waals surface area contributed by atoms with Crippen molar-refractivity contribution in [1.29, 1.82) is 0 Å². The number of alkyl halides is 3. The first-order chi connectivity index (χ1) is 21.6. The summed E-state index contributed by atoms with van der Waals surface area (Å²) < 4.78 is 77.1. The van der Waals surface area contributed by atoms with E-state index in [2.05, 4.69) is 10.6 Å². The molecule has 0 saturated carbocycles. The van der Waals surface area contributed by atoms with Gasteiger partial charge in [0.2, 0.25) is 5.91 Å². The summed E-state index contributed by atoms with van der Waals surface area (Å²) in [4.78, 5) is 58.5. The first kappa shape index (κ1) is 35.3. The van der Waals surface area contributed by atoms with Gasteiger partial charge in [-0.15, -0.1) is 0 Å². The Balaban J connectivity index is 0.000000738. The molecule has 0 aromatic heterocycles. The molecule has 14 nitrogen and oxygen atoms in total. The Kier molecular flexibility index (Phi) is 11.7.